The van der Waals surface area contributed by atoms with Crippen LogP contribution in [0.1, 0.15) is 12.7 Å². The minimum absolute atomic E-state index is 0.0345. The first-order valence-corrected chi connectivity index (χ1v) is 6.30. The van der Waals surface area contributed by atoms with E-state index in [1.165, 1.54) is 18.2 Å². The molecule has 0 spiro atoms. The number of esters is 1. The van der Waals surface area contributed by atoms with E-state index in [4.69, 9.17) is 9.15 Å². The van der Waals surface area contributed by atoms with Gasteiger partial charge in [0.25, 0.3) is 5.69 Å². The maximum absolute atomic E-state index is 11.2. The van der Waals surface area contributed by atoms with Crippen LogP contribution in [0.2, 0.25) is 0 Å². The summed E-state index contributed by atoms with van der Waals surface area (Å²) in [5, 5.41) is 11.0. The molecule has 0 aliphatic rings. The molecular formula is C15H13NO5. The lowest BCUT2D eigenvalue weighted by Crippen LogP contribution is -1.98. The highest BCUT2D eigenvalue weighted by Gasteiger charge is 2.16. The summed E-state index contributed by atoms with van der Waals surface area (Å²) in [6.45, 7) is 2.01. The number of nitro groups is 1. The zero-order chi connectivity index (χ0) is 15.2. The quantitative estimate of drug-likeness (QED) is 0.364. The summed E-state index contributed by atoms with van der Waals surface area (Å²) >= 11 is 0. The normalized spacial score (nSPS) is 10.7. The van der Waals surface area contributed by atoms with E-state index in [-0.39, 0.29) is 5.69 Å². The Morgan fingerprint density at radius 2 is 2.10 bits per heavy atom. The van der Waals surface area contributed by atoms with Crippen molar-refractivity contribution in [2.45, 2.75) is 6.92 Å². The molecule has 0 atom stereocenters. The Balaban J connectivity index is 2.25. The third kappa shape index (κ3) is 3.56. The van der Waals surface area contributed by atoms with E-state index in [0.29, 0.717) is 23.7 Å². The molecule has 1 aromatic carbocycles. The van der Waals surface area contributed by atoms with Gasteiger partial charge in [-0.3, -0.25) is 10.1 Å². The monoisotopic (exact) mass is 287 g/mol. The Bertz CT molecular complexity index is 687. The summed E-state index contributed by atoms with van der Waals surface area (Å²) < 4.78 is 10.2. The van der Waals surface area contributed by atoms with Crippen LogP contribution in [0.25, 0.3) is 17.4 Å². The van der Waals surface area contributed by atoms with Crippen LogP contribution in [0.15, 0.2) is 46.9 Å². The molecule has 0 unspecified atom stereocenters. The fourth-order valence-electron chi connectivity index (χ4n) is 1.77. The van der Waals surface area contributed by atoms with Gasteiger partial charge in [-0.2, -0.15) is 0 Å². The average Bonchev–Trinajstić information content (AvgIpc) is 2.94. The summed E-state index contributed by atoms with van der Waals surface area (Å²) in [6.07, 6.45) is 2.70. The Hall–Kier alpha value is -2.89. The van der Waals surface area contributed by atoms with Crippen molar-refractivity contribution in [3.05, 3.63) is 58.3 Å². The van der Waals surface area contributed by atoms with E-state index in [0.717, 1.165) is 0 Å². The fourth-order valence-corrected chi connectivity index (χ4v) is 1.77. The van der Waals surface area contributed by atoms with E-state index in [2.05, 4.69) is 0 Å². The number of carbonyl (C=O) groups excluding carboxylic acids is 1. The number of para-hydroxylation sites is 1. The minimum atomic E-state index is -0.471. The van der Waals surface area contributed by atoms with Crippen molar-refractivity contribution in [3.8, 4) is 11.3 Å². The highest BCUT2D eigenvalue weighted by atomic mass is 16.6. The molecule has 6 nitrogen and oxygen atoms in total. The first-order valence-electron chi connectivity index (χ1n) is 6.30. The predicted molar refractivity (Wildman–Crippen MR) is 76.5 cm³/mol. The molecule has 108 valence electrons. The van der Waals surface area contributed by atoms with Gasteiger partial charge in [0.05, 0.1) is 17.1 Å². The number of furan rings is 1. The van der Waals surface area contributed by atoms with Gasteiger partial charge in [0.15, 0.2) is 0 Å². The molecule has 2 aromatic rings. The highest BCUT2D eigenvalue weighted by molar-refractivity contribution is 5.86. The van der Waals surface area contributed by atoms with Crippen molar-refractivity contribution in [1.29, 1.82) is 0 Å². The number of rotatable bonds is 5. The molecule has 1 aromatic heterocycles. The number of carbonyl (C=O) groups is 1. The Morgan fingerprint density at radius 3 is 2.81 bits per heavy atom. The zero-order valence-electron chi connectivity index (χ0n) is 11.3. The van der Waals surface area contributed by atoms with Crippen LogP contribution in [0.5, 0.6) is 0 Å². The van der Waals surface area contributed by atoms with Gasteiger partial charge >= 0.3 is 5.97 Å². The second kappa shape index (κ2) is 6.51. The first kappa shape index (κ1) is 14.5. The van der Waals surface area contributed by atoms with E-state index in [1.54, 1.807) is 37.3 Å². The van der Waals surface area contributed by atoms with Gasteiger partial charge in [0, 0.05) is 12.1 Å². The van der Waals surface area contributed by atoms with Crippen LogP contribution in [0, 0.1) is 10.1 Å². The van der Waals surface area contributed by atoms with Gasteiger partial charge in [-0.1, -0.05) is 12.1 Å². The van der Waals surface area contributed by atoms with Crippen molar-refractivity contribution >= 4 is 17.7 Å². The summed E-state index contributed by atoms with van der Waals surface area (Å²) in [5.74, 6) is 0.308. The molecule has 1 heterocycles. The first-order chi connectivity index (χ1) is 10.1. The molecule has 2 rings (SSSR count). The summed E-state index contributed by atoms with van der Waals surface area (Å²) in [6, 6.07) is 9.54. The third-order valence-corrected chi connectivity index (χ3v) is 2.66. The molecule has 0 radical (unpaired) electrons. The average molecular weight is 287 g/mol. The Morgan fingerprint density at radius 1 is 1.33 bits per heavy atom. The van der Waals surface area contributed by atoms with Crippen molar-refractivity contribution < 1.29 is 18.9 Å². The van der Waals surface area contributed by atoms with E-state index < -0.39 is 10.9 Å². The Labute approximate surface area is 120 Å². The molecule has 21 heavy (non-hydrogen) atoms. The second-order valence-electron chi connectivity index (χ2n) is 4.06. The smallest absolute Gasteiger partial charge is 0.330 e. The minimum Gasteiger partial charge on any atom is -0.463 e. The molecule has 0 N–H and O–H groups in total. The lowest BCUT2D eigenvalue weighted by atomic mass is 10.1. The highest BCUT2D eigenvalue weighted by Crippen LogP contribution is 2.31. The SMILES string of the molecule is CCOC(=O)C=Cc1ccc(-c2ccccc2[N+](=O)[O-])o1. The summed E-state index contributed by atoms with van der Waals surface area (Å²) in [7, 11) is 0. The third-order valence-electron chi connectivity index (χ3n) is 2.66. The standard InChI is InChI=1S/C15H13NO5/c1-2-20-15(17)10-8-11-7-9-14(21-11)12-5-3-4-6-13(12)16(18)19/h3-10H,2H2,1H3. The molecule has 0 amide bonds. The number of nitrogens with zero attached hydrogens (tertiary/aromatic N) is 1. The van der Waals surface area contributed by atoms with Gasteiger partial charge in [-0.25, -0.2) is 4.79 Å². The number of nitro benzene ring substituents is 1. The van der Waals surface area contributed by atoms with Crippen LogP contribution in [-0.2, 0) is 9.53 Å². The number of ether oxygens (including phenoxy) is 1. The van der Waals surface area contributed by atoms with Crippen LogP contribution in [0.4, 0.5) is 5.69 Å². The van der Waals surface area contributed by atoms with Gasteiger partial charge < -0.3 is 9.15 Å². The molecule has 0 saturated heterocycles. The maximum Gasteiger partial charge on any atom is 0.330 e. The molecule has 0 saturated carbocycles. The lowest BCUT2D eigenvalue weighted by molar-refractivity contribution is -0.384. The molecule has 0 bridgehead atoms. The topological polar surface area (TPSA) is 82.6 Å². The summed E-state index contributed by atoms with van der Waals surface area (Å²) in [4.78, 5) is 21.7. The molecular weight excluding hydrogens is 274 g/mol. The number of hydrogen-bond donors (Lipinski definition) is 0. The van der Waals surface area contributed by atoms with E-state index in [9.17, 15) is 14.9 Å². The number of hydrogen-bond acceptors (Lipinski definition) is 5. The van der Waals surface area contributed by atoms with E-state index >= 15 is 0 Å². The van der Waals surface area contributed by atoms with Crippen LogP contribution >= 0.6 is 0 Å². The largest absolute Gasteiger partial charge is 0.463 e. The fraction of sp³-hybridized carbons (Fsp3) is 0.133. The van der Waals surface area contributed by atoms with Crippen LogP contribution < -0.4 is 0 Å². The van der Waals surface area contributed by atoms with Gasteiger partial charge in [-0.15, -0.1) is 0 Å². The lowest BCUT2D eigenvalue weighted by Gasteiger charge is -1.98. The molecule has 0 fully saturated rings. The Kier molecular flexibility index (Phi) is 4.50. The van der Waals surface area contributed by atoms with E-state index in [1.807, 2.05) is 0 Å². The summed E-state index contributed by atoms with van der Waals surface area (Å²) in [5.41, 5.74) is 0.353. The van der Waals surface area contributed by atoms with Crippen molar-refractivity contribution in [2.24, 2.45) is 0 Å². The second-order valence-corrected chi connectivity index (χ2v) is 4.06. The maximum atomic E-state index is 11.2. The molecule has 0 aliphatic heterocycles. The zero-order valence-corrected chi connectivity index (χ0v) is 11.3. The van der Waals surface area contributed by atoms with Crippen molar-refractivity contribution in [3.63, 3.8) is 0 Å². The molecule has 0 aliphatic carbocycles. The number of benzene rings is 1. The van der Waals surface area contributed by atoms with Gasteiger partial charge in [0.1, 0.15) is 11.5 Å². The predicted octanol–water partition coefficient (Wildman–Crippen LogP) is 3.43. The van der Waals surface area contributed by atoms with Crippen LogP contribution in [-0.4, -0.2) is 17.5 Å². The van der Waals surface area contributed by atoms with Crippen molar-refractivity contribution in [2.75, 3.05) is 6.61 Å². The van der Waals surface area contributed by atoms with Gasteiger partial charge in [-0.05, 0) is 31.2 Å². The van der Waals surface area contributed by atoms with Crippen molar-refractivity contribution in [1.82, 2.24) is 0 Å². The van der Waals surface area contributed by atoms with Crippen LogP contribution in [0.3, 0.4) is 0 Å². The van der Waals surface area contributed by atoms with Gasteiger partial charge in [0.2, 0.25) is 0 Å². The molecule has 6 heteroatoms.